The van der Waals surface area contributed by atoms with Crippen molar-refractivity contribution >= 4 is 16.7 Å². The van der Waals surface area contributed by atoms with Crippen molar-refractivity contribution in [3.8, 4) is 5.69 Å². The number of fused-ring (bicyclic) bond motifs is 2. The van der Waals surface area contributed by atoms with Gasteiger partial charge in [-0.25, -0.2) is 4.68 Å². The maximum absolute atomic E-state index is 11.2. The second-order valence-corrected chi connectivity index (χ2v) is 5.82. The van der Waals surface area contributed by atoms with Gasteiger partial charge in [-0.3, -0.25) is 4.79 Å². The monoisotopic (exact) mass is 292 g/mol. The van der Waals surface area contributed by atoms with E-state index in [1.807, 2.05) is 29.1 Å². The van der Waals surface area contributed by atoms with Crippen LogP contribution in [0, 0.1) is 5.92 Å². The number of aryl methyl sites for hydroxylation is 1. The van der Waals surface area contributed by atoms with E-state index in [2.05, 4.69) is 29.4 Å². The molecule has 22 heavy (non-hydrogen) atoms. The molecule has 0 amide bonds. The third-order valence-electron chi connectivity index (χ3n) is 4.44. The topological polar surface area (TPSA) is 55.1 Å². The highest BCUT2D eigenvalue weighted by atomic mass is 16.4. The normalized spacial score (nSPS) is 17.4. The van der Waals surface area contributed by atoms with Crippen molar-refractivity contribution in [2.75, 3.05) is 0 Å². The van der Waals surface area contributed by atoms with E-state index in [0.29, 0.717) is 12.8 Å². The predicted molar refractivity (Wildman–Crippen MR) is 84.2 cm³/mol. The van der Waals surface area contributed by atoms with Crippen molar-refractivity contribution in [2.24, 2.45) is 5.92 Å². The standard InChI is InChI=1S/C18H16N2O2/c21-18(22)13-8-9-16-14(10-13)11-20(19-16)17-7-3-5-12-4-1-2-6-15(12)17/h1-7,11,13H,8-10H2,(H,21,22)/t13-/m0/s1. The van der Waals surface area contributed by atoms with Crippen molar-refractivity contribution in [3.63, 3.8) is 0 Å². The Balaban J connectivity index is 1.79. The lowest BCUT2D eigenvalue weighted by molar-refractivity contribution is -0.142. The van der Waals surface area contributed by atoms with Crippen LogP contribution in [0.3, 0.4) is 0 Å². The summed E-state index contributed by atoms with van der Waals surface area (Å²) in [6.45, 7) is 0. The molecule has 0 radical (unpaired) electrons. The van der Waals surface area contributed by atoms with Gasteiger partial charge in [-0.2, -0.15) is 5.10 Å². The lowest BCUT2D eigenvalue weighted by Gasteiger charge is -2.16. The fraction of sp³-hybridized carbons (Fsp3) is 0.222. The number of hydrogen-bond donors (Lipinski definition) is 1. The number of hydrogen-bond acceptors (Lipinski definition) is 2. The maximum atomic E-state index is 11.2. The van der Waals surface area contributed by atoms with Crippen LogP contribution in [0.2, 0.25) is 0 Å². The molecule has 1 N–H and O–H groups in total. The molecule has 0 saturated carbocycles. The molecule has 1 aliphatic carbocycles. The van der Waals surface area contributed by atoms with E-state index in [-0.39, 0.29) is 5.92 Å². The molecule has 0 unspecified atom stereocenters. The van der Waals surface area contributed by atoms with Gasteiger partial charge >= 0.3 is 5.97 Å². The van der Waals surface area contributed by atoms with E-state index in [1.165, 1.54) is 5.39 Å². The Hall–Kier alpha value is -2.62. The lowest BCUT2D eigenvalue weighted by Crippen LogP contribution is -2.21. The molecule has 0 spiro atoms. The summed E-state index contributed by atoms with van der Waals surface area (Å²) in [5.74, 6) is -0.985. The molecule has 1 heterocycles. The van der Waals surface area contributed by atoms with Crippen molar-refractivity contribution in [3.05, 3.63) is 59.9 Å². The summed E-state index contributed by atoms with van der Waals surface area (Å²) in [6, 6.07) is 14.4. The first-order chi connectivity index (χ1) is 10.7. The van der Waals surface area contributed by atoms with Gasteiger partial charge in [0.15, 0.2) is 0 Å². The number of aliphatic carboxylic acids is 1. The number of carbonyl (C=O) groups is 1. The molecule has 1 aromatic heterocycles. The Morgan fingerprint density at radius 3 is 2.86 bits per heavy atom. The molecule has 3 aromatic rings. The zero-order valence-electron chi connectivity index (χ0n) is 12.1. The lowest BCUT2D eigenvalue weighted by atomic mass is 9.88. The summed E-state index contributed by atoms with van der Waals surface area (Å²) in [7, 11) is 0. The molecule has 4 nitrogen and oxygen atoms in total. The van der Waals surface area contributed by atoms with Crippen LogP contribution in [-0.4, -0.2) is 20.9 Å². The Bertz CT molecular complexity index is 861. The average Bonchev–Trinajstić information content (AvgIpc) is 2.97. The molecule has 4 heteroatoms. The quantitative estimate of drug-likeness (QED) is 0.789. The van der Waals surface area contributed by atoms with E-state index in [9.17, 15) is 9.90 Å². The third kappa shape index (κ3) is 2.08. The first-order valence-electron chi connectivity index (χ1n) is 7.51. The second kappa shape index (κ2) is 4.98. The fourth-order valence-electron chi connectivity index (χ4n) is 3.25. The summed E-state index contributed by atoms with van der Waals surface area (Å²) in [4.78, 5) is 11.2. The minimum absolute atomic E-state index is 0.280. The van der Waals surface area contributed by atoms with Crippen LogP contribution in [0.5, 0.6) is 0 Å². The third-order valence-corrected chi connectivity index (χ3v) is 4.44. The Morgan fingerprint density at radius 2 is 2.00 bits per heavy atom. The van der Waals surface area contributed by atoms with Crippen LogP contribution in [0.15, 0.2) is 48.7 Å². The molecule has 0 fully saturated rings. The number of aromatic nitrogens is 2. The van der Waals surface area contributed by atoms with Crippen molar-refractivity contribution in [2.45, 2.75) is 19.3 Å². The van der Waals surface area contributed by atoms with Crippen molar-refractivity contribution in [1.29, 1.82) is 0 Å². The summed E-state index contributed by atoms with van der Waals surface area (Å²) in [6.07, 6.45) is 3.99. The molecule has 4 rings (SSSR count). The molecule has 1 atom stereocenters. The average molecular weight is 292 g/mol. The zero-order valence-corrected chi connectivity index (χ0v) is 12.1. The van der Waals surface area contributed by atoms with Crippen LogP contribution < -0.4 is 0 Å². The minimum Gasteiger partial charge on any atom is -0.481 e. The smallest absolute Gasteiger partial charge is 0.306 e. The summed E-state index contributed by atoms with van der Waals surface area (Å²) in [5, 5.41) is 16.2. The number of nitrogens with zero attached hydrogens (tertiary/aromatic N) is 2. The molecule has 110 valence electrons. The Labute approximate surface area is 128 Å². The Morgan fingerprint density at radius 1 is 1.18 bits per heavy atom. The van der Waals surface area contributed by atoms with Crippen LogP contribution in [-0.2, 0) is 17.6 Å². The van der Waals surface area contributed by atoms with Gasteiger partial charge in [0.2, 0.25) is 0 Å². The van der Waals surface area contributed by atoms with E-state index in [1.54, 1.807) is 0 Å². The number of rotatable bonds is 2. The van der Waals surface area contributed by atoms with E-state index in [0.717, 1.165) is 28.8 Å². The molecule has 2 aromatic carbocycles. The number of benzene rings is 2. The van der Waals surface area contributed by atoms with Gasteiger partial charge in [0.05, 0.1) is 17.3 Å². The van der Waals surface area contributed by atoms with Gasteiger partial charge in [0.25, 0.3) is 0 Å². The van der Waals surface area contributed by atoms with Gasteiger partial charge in [0.1, 0.15) is 0 Å². The van der Waals surface area contributed by atoms with Crippen molar-refractivity contribution < 1.29 is 9.90 Å². The SMILES string of the molecule is O=C(O)[C@H]1CCc2nn(-c3cccc4ccccc34)cc2C1. The van der Waals surface area contributed by atoms with Crippen LogP contribution in [0.4, 0.5) is 0 Å². The van der Waals surface area contributed by atoms with Crippen molar-refractivity contribution in [1.82, 2.24) is 9.78 Å². The number of carboxylic acid groups (broad SMARTS) is 1. The molecule has 0 bridgehead atoms. The largest absolute Gasteiger partial charge is 0.481 e. The van der Waals surface area contributed by atoms with Gasteiger partial charge < -0.3 is 5.11 Å². The molecule has 0 saturated heterocycles. The molecule has 0 aliphatic heterocycles. The van der Waals surface area contributed by atoms with E-state index >= 15 is 0 Å². The van der Waals surface area contributed by atoms with Crippen LogP contribution in [0.1, 0.15) is 17.7 Å². The summed E-state index contributed by atoms with van der Waals surface area (Å²) < 4.78 is 1.90. The Kier molecular flexibility index (Phi) is 2.96. The highest BCUT2D eigenvalue weighted by Gasteiger charge is 2.26. The fourth-order valence-corrected chi connectivity index (χ4v) is 3.25. The summed E-state index contributed by atoms with van der Waals surface area (Å²) in [5.41, 5.74) is 3.14. The van der Waals surface area contributed by atoms with Gasteiger partial charge in [-0.05, 0) is 36.3 Å². The van der Waals surface area contributed by atoms with Crippen LogP contribution in [0.25, 0.3) is 16.5 Å². The summed E-state index contributed by atoms with van der Waals surface area (Å²) >= 11 is 0. The molecule has 1 aliphatic rings. The van der Waals surface area contributed by atoms with E-state index < -0.39 is 5.97 Å². The van der Waals surface area contributed by atoms with Gasteiger partial charge in [-0.15, -0.1) is 0 Å². The number of carboxylic acids is 1. The van der Waals surface area contributed by atoms with Crippen LogP contribution >= 0.6 is 0 Å². The first kappa shape index (κ1) is 13.1. The second-order valence-electron chi connectivity index (χ2n) is 5.82. The molecular weight excluding hydrogens is 276 g/mol. The highest BCUT2D eigenvalue weighted by molar-refractivity contribution is 5.90. The van der Waals surface area contributed by atoms with Gasteiger partial charge in [-0.1, -0.05) is 36.4 Å². The predicted octanol–water partition coefficient (Wildman–Crippen LogP) is 3.22. The highest BCUT2D eigenvalue weighted by Crippen LogP contribution is 2.28. The molecular formula is C18H16N2O2. The zero-order chi connectivity index (χ0) is 15.1. The van der Waals surface area contributed by atoms with Gasteiger partial charge in [0, 0.05) is 11.6 Å². The maximum Gasteiger partial charge on any atom is 0.306 e. The first-order valence-corrected chi connectivity index (χ1v) is 7.51. The minimum atomic E-state index is -0.705. The van der Waals surface area contributed by atoms with E-state index in [4.69, 9.17) is 0 Å².